The molecular weight excluding hydrogens is 518 g/mol. The second-order valence-corrected chi connectivity index (χ2v) is 10.3. The molecular formula is C33H41N3O5. The van der Waals surface area contributed by atoms with Crippen LogP contribution < -0.4 is 20.1 Å². The van der Waals surface area contributed by atoms with Crippen molar-refractivity contribution in [3.8, 4) is 11.5 Å². The van der Waals surface area contributed by atoms with Crippen LogP contribution in [0.5, 0.6) is 11.5 Å². The Morgan fingerprint density at radius 3 is 2.46 bits per heavy atom. The van der Waals surface area contributed by atoms with Crippen LogP contribution in [0.2, 0.25) is 0 Å². The zero-order valence-corrected chi connectivity index (χ0v) is 24.3. The molecule has 3 aromatic carbocycles. The number of benzene rings is 3. The van der Waals surface area contributed by atoms with Crippen molar-refractivity contribution >= 4 is 17.6 Å². The van der Waals surface area contributed by atoms with Gasteiger partial charge in [0.15, 0.2) is 11.5 Å². The molecule has 4 rings (SSSR count). The van der Waals surface area contributed by atoms with Crippen molar-refractivity contribution in [2.24, 2.45) is 0 Å². The summed E-state index contributed by atoms with van der Waals surface area (Å²) in [7, 11) is 4.70. The number of carbonyl (C=O) groups excluding carboxylic acids is 2. The lowest BCUT2D eigenvalue weighted by atomic mass is 9.88. The van der Waals surface area contributed by atoms with E-state index in [2.05, 4.69) is 39.8 Å². The number of rotatable bonds is 14. The maximum Gasteiger partial charge on any atom is 0.305 e. The molecule has 0 spiro atoms. The standard InChI is InChI=1S/C33H41N3O5/c1-39-30-15-12-25(20-31(30)40-2)19-29-28-14-13-27(34-17-8-7-11-33(38)41-3)21-26(28)16-18-36(29)23-32(37)35-22-24-9-5-4-6-10-24/h4-6,9-10,12-15,20-21,29,34H,7-8,11,16-19,22-23H2,1-3H3,(H,35,37). The Hall–Kier alpha value is -4.04. The highest BCUT2D eigenvalue weighted by Gasteiger charge is 2.29. The third kappa shape index (κ3) is 8.47. The molecule has 0 saturated carbocycles. The number of anilines is 1. The summed E-state index contributed by atoms with van der Waals surface area (Å²) in [6.07, 6.45) is 3.72. The summed E-state index contributed by atoms with van der Waals surface area (Å²) >= 11 is 0. The minimum atomic E-state index is -0.169. The van der Waals surface area contributed by atoms with Gasteiger partial charge >= 0.3 is 5.97 Å². The number of carbonyl (C=O) groups is 2. The molecule has 0 bridgehead atoms. The van der Waals surface area contributed by atoms with Crippen molar-refractivity contribution < 1.29 is 23.8 Å². The van der Waals surface area contributed by atoms with E-state index in [0.717, 1.165) is 55.6 Å². The molecule has 1 unspecified atom stereocenters. The fraction of sp³-hybridized carbons (Fsp3) is 0.394. The first kappa shape index (κ1) is 29.9. The first-order chi connectivity index (χ1) is 20.0. The molecule has 1 amide bonds. The van der Waals surface area contributed by atoms with Gasteiger partial charge in [-0.05, 0) is 72.2 Å². The third-order valence-electron chi connectivity index (χ3n) is 7.53. The van der Waals surface area contributed by atoms with Gasteiger partial charge in [-0.15, -0.1) is 0 Å². The van der Waals surface area contributed by atoms with Crippen molar-refractivity contribution in [2.45, 2.75) is 44.7 Å². The molecule has 0 fully saturated rings. The van der Waals surface area contributed by atoms with Crippen LogP contribution in [0.4, 0.5) is 5.69 Å². The van der Waals surface area contributed by atoms with Crippen LogP contribution in [0.25, 0.3) is 0 Å². The molecule has 0 radical (unpaired) electrons. The first-order valence-electron chi connectivity index (χ1n) is 14.2. The topological polar surface area (TPSA) is 89.1 Å². The molecule has 2 N–H and O–H groups in total. The average Bonchev–Trinajstić information content (AvgIpc) is 3.01. The maximum atomic E-state index is 13.0. The molecule has 0 aromatic heterocycles. The van der Waals surface area contributed by atoms with Crippen LogP contribution in [0, 0.1) is 0 Å². The van der Waals surface area contributed by atoms with E-state index in [9.17, 15) is 9.59 Å². The Balaban J connectivity index is 1.48. The van der Waals surface area contributed by atoms with E-state index in [4.69, 9.17) is 14.2 Å². The largest absolute Gasteiger partial charge is 0.493 e. The number of esters is 1. The van der Waals surface area contributed by atoms with Gasteiger partial charge in [-0.25, -0.2) is 0 Å². The smallest absolute Gasteiger partial charge is 0.305 e. The summed E-state index contributed by atoms with van der Waals surface area (Å²) in [6, 6.07) is 22.5. The van der Waals surface area contributed by atoms with E-state index < -0.39 is 0 Å². The molecule has 8 nitrogen and oxygen atoms in total. The van der Waals surface area contributed by atoms with Crippen molar-refractivity contribution in [3.63, 3.8) is 0 Å². The lowest BCUT2D eigenvalue weighted by molar-refractivity contribution is -0.140. The Bertz CT molecular complexity index is 1300. The zero-order valence-electron chi connectivity index (χ0n) is 24.3. The van der Waals surface area contributed by atoms with Crippen LogP contribution in [0.3, 0.4) is 0 Å². The SMILES string of the molecule is COC(=O)CCCCNc1ccc2c(c1)CCN(CC(=O)NCc1ccccc1)C2Cc1ccc(OC)c(OC)c1. The average molecular weight is 560 g/mol. The van der Waals surface area contributed by atoms with Gasteiger partial charge < -0.3 is 24.8 Å². The van der Waals surface area contributed by atoms with Crippen LogP contribution in [-0.2, 0) is 33.7 Å². The molecule has 8 heteroatoms. The number of unbranched alkanes of at least 4 members (excludes halogenated alkanes) is 1. The number of methoxy groups -OCH3 is 3. The summed E-state index contributed by atoms with van der Waals surface area (Å²) in [5.41, 5.74) is 5.79. The van der Waals surface area contributed by atoms with Crippen LogP contribution in [0.1, 0.15) is 47.6 Å². The van der Waals surface area contributed by atoms with Gasteiger partial charge in [0, 0.05) is 37.8 Å². The summed E-state index contributed by atoms with van der Waals surface area (Å²) < 4.78 is 15.7. The summed E-state index contributed by atoms with van der Waals surface area (Å²) in [4.78, 5) is 26.7. The van der Waals surface area contributed by atoms with E-state index >= 15 is 0 Å². The lowest BCUT2D eigenvalue weighted by Crippen LogP contribution is -2.43. The lowest BCUT2D eigenvalue weighted by Gasteiger charge is -2.37. The molecule has 41 heavy (non-hydrogen) atoms. The number of ether oxygens (including phenoxy) is 3. The maximum absolute atomic E-state index is 13.0. The highest BCUT2D eigenvalue weighted by Crippen LogP contribution is 2.36. The number of fused-ring (bicyclic) bond motifs is 1. The fourth-order valence-electron chi connectivity index (χ4n) is 5.30. The second-order valence-electron chi connectivity index (χ2n) is 10.3. The van der Waals surface area contributed by atoms with E-state index in [1.165, 1.54) is 18.2 Å². The predicted octanol–water partition coefficient (Wildman–Crippen LogP) is 4.92. The molecule has 218 valence electrons. The number of hydrogen-bond donors (Lipinski definition) is 2. The van der Waals surface area contributed by atoms with E-state index in [-0.39, 0.29) is 17.9 Å². The third-order valence-corrected chi connectivity index (χ3v) is 7.53. The quantitative estimate of drug-likeness (QED) is 0.214. The fourth-order valence-corrected chi connectivity index (χ4v) is 5.30. The van der Waals surface area contributed by atoms with E-state index in [1.807, 2.05) is 42.5 Å². The van der Waals surface area contributed by atoms with Crippen LogP contribution >= 0.6 is 0 Å². The monoisotopic (exact) mass is 559 g/mol. The highest BCUT2D eigenvalue weighted by molar-refractivity contribution is 5.78. The molecule has 1 heterocycles. The van der Waals surface area contributed by atoms with Crippen molar-refractivity contribution in [3.05, 3.63) is 89.0 Å². The van der Waals surface area contributed by atoms with E-state index in [1.54, 1.807) is 14.2 Å². The Morgan fingerprint density at radius 2 is 1.71 bits per heavy atom. The molecule has 1 aliphatic rings. The summed E-state index contributed by atoms with van der Waals surface area (Å²) in [5.74, 6) is 1.23. The van der Waals surface area contributed by atoms with Crippen LogP contribution in [-0.4, -0.2) is 57.7 Å². The van der Waals surface area contributed by atoms with Crippen molar-refractivity contribution in [2.75, 3.05) is 46.3 Å². The first-order valence-corrected chi connectivity index (χ1v) is 14.2. The number of amides is 1. The minimum Gasteiger partial charge on any atom is -0.493 e. The summed E-state index contributed by atoms with van der Waals surface area (Å²) in [6.45, 7) is 2.41. The molecule has 1 atom stereocenters. The Kier molecular flexibility index (Phi) is 11.0. The summed E-state index contributed by atoms with van der Waals surface area (Å²) in [5, 5.41) is 6.58. The van der Waals surface area contributed by atoms with Gasteiger partial charge in [0.2, 0.25) is 5.91 Å². The minimum absolute atomic E-state index is 0.0138. The Labute approximate surface area is 243 Å². The van der Waals surface area contributed by atoms with Gasteiger partial charge in [0.05, 0.1) is 27.9 Å². The molecule has 1 aliphatic heterocycles. The molecule has 3 aromatic rings. The second kappa shape index (κ2) is 15.1. The van der Waals surface area contributed by atoms with Gasteiger partial charge in [-0.1, -0.05) is 42.5 Å². The van der Waals surface area contributed by atoms with Gasteiger partial charge in [0.1, 0.15) is 0 Å². The van der Waals surface area contributed by atoms with E-state index in [0.29, 0.717) is 31.0 Å². The molecule has 0 saturated heterocycles. The normalized spacial score (nSPS) is 14.6. The zero-order chi connectivity index (χ0) is 29.0. The van der Waals surface area contributed by atoms with Crippen molar-refractivity contribution in [1.82, 2.24) is 10.2 Å². The van der Waals surface area contributed by atoms with Crippen molar-refractivity contribution in [1.29, 1.82) is 0 Å². The number of nitrogens with one attached hydrogen (secondary N) is 2. The van der Waals surface area contributed by atoms with Gasteiger partial charge in [-0.2, -0.15) is 0 Å². The highest BCUT2D eigenvalue weighted by atomic mass is 16.5. The van der Waals surface area contributed by atoms with Crippen LogP contribution in [0.15, 0.2) is 66.7 Å². The predicted molar refractivity (Wildman–Crippen MR) is 160 cm³/mol. The van der Waals surface area contributed by atoms with Gasteiger partial charge in [0.25, 0.3) is 0 Å². The number of nitrogens with zero attached hydrogens (tertiary/aromatic N) is 1. The number of hydrogen-bond acceptors (Lipinski definition) is 7. The Morgan fingerprint density at radius 1 is 0.902 bits per heavy atom. The molecule has 0 aliphatic carbocycles. The van der Waals surface area contributed by atoms with Gasteiger partial charge in [-0.3, -0.25) is 14.5 Å².